The van der Waals surface area contributed by atoms with Crippen LogP contribution in [0, 0.1) is 0 Å². The molecular formula is C10H11NO2. The summed E-state index contributed by atoms with van der Waals surface area (Å²) < 4.78 is 0. The Morgan fingerprint density at radius 3 is 2.92 bits per heavy atom. The average Bonchev–Trinajstić information content (AvgIpc) is 2.04. The minimum absolute atomic E-state index is 0.00547. The highest BCUT2D eigenvalue weighted by Gasteiger charge is 2.03. The molecule has 0 aromatic rings. The lowest BCUT2D eigenvalue weighted by molar-refractivity contribution is -0.123. The van der Waals surface area contributed by atoms with E-state index in [0.717, 1.165) is 5.57 Å². The fourth-order valence-corrected chi connectivity index (χ4v) is 1.04. The van der Waals surface area contributed by atoms with Crippen molar-refractivity contribution in [2.45, 2.75) is 19.8 Å². The predicted molar refractivity (Wildman–Crippen MR) is 50.6 cm³/mol. The van der Waals surface area contributed by atoms with Gasteiger partial charge in [0.2, 0.25) is 0 Å². The van der Waals surface area contributed by atoms with Crippen molar-refractivity contribution >= 4 is 17.8 Å². The molecule has 0 amide bonds. The van der Waals surface area contributed by atoms with Crippen LogP contribution < -0.4 is 0 Å². The number of hydrogen-bond donors (Lipinski definition) is 0. The Labute approximate surface area is 76.9 Å². The number of aliphatic imine (C=N–C) groups is 1. The molecule has 68 valence electrons. The number of carbonyl (C=O) groups is 2. The van der Waals surface area contributed by atoms with Gasteiger partial charge in [-0.1, -0.05) is 0 Å². The maximum Gasteiger partial charge on any atom is 0.163 e. The zero-order valence-corrected chi connectivity index (χ0v) is 7.49. The molecule has 0 bridgehead atoms. The van der Waals surface area contributed by atoms with Crippen LogP contribution in [-0.4, -0.2) is 17.8 Å². The van der Waals surface area contributed by atoms with Crippen molar-refractivity contribution in [1.82, 2.24) is 0 Å². The highest BCUT2D eigenvalue weighted by molar-refractivity contribution is 6.04. The summed E-state index contributed by atoms with van der Waals surface area (Å²) in [7, 11) is 0. The topological polar surface area (TPSA) is 46.5 Å². The van der Waals surface area contributed by atoms with Crippen molar-refractivity contribution in [2.75, 3.05) is 0 Å². The van der Waals surface area contributed by atoms with Crippen LogP contribution in [0.3, 0.4) is 0 Å². The standard InChI is InChI=1S/C10H11NO2/c1-8(12)6-10(13)7-9-2-4-11-5-3-9/h2,4-5,7H,3,6H2,1H3. The van der Waals surface area contributed by atoms with E-state index in [4.69, 9.17) is 0 Å². The molecule has 0 spiro atoms. The molecule has 0 unspecified atom stereocenters. The number of hydrogen-bond acceptors (Lipinski definition) is 3. The molecule has 0 saturated heterocycles. The first-order valence-corrected chi connectivity index (χ1v) is 4.09. The molecule has 3 heteroatoms. The molecule has 0 aliphatic carbocycles. The van der Waals surface area contributed by atoms with E-state index in [1.165, 1.54) is 13.0 Å². The van der Waals surface area contributed by atoms with Gasteiger partial charge in [-0.2, -0.15) is 0 Å². The lowest BCUT2D eigenvalue weighted by atomic mass is 10.1. The van der Waals surface area contributed by atoms with Gasteiger partial charge >= 0.3 is 0 Å². The zero-order valence-electron chi connectivity index (χ0n) is 7.49. The summed E-state index contributed by atoms with van der Waals surface area (Å²) in [4.78, 5) is 25.6. The molecule has 0 N–H and O–H groups in total. The smallest absolute Gasteiger partial charge is 0.163 e. The highest BCUT2D eigenvalue weighted by atomic mass is 16.1. The van der Waals surface area contributed by atoms with Crippen LogP contribution in [-0.2, 0) is 9.59 Å². The SMILES string of the molecule is CC(=O)CC(=O)C=C1C=CN=CC1. The van der Waals surface area contributed by atoms with Gasteiger partial charge < -0.3 is 0 Å². The molecule has 1 rings (SSSR count). The fourth-order valence-electron chi connectivity index (χ4n) is 1.04. The van der Waals surface area contributed by atoms with E-state index < -0.39 is 0 Å². The van der Waals surface area contributed by atoms with Crippen molar-refractivity contribution in [1.29, 1.82) is 0 Å². The zero-order chi connectivity index (χ0) is 9.68. The van der Waals surface area contributed by atoms with E-state index in [1.54, 1.807) is 18.5 Å². The van der Waals surface area contributed by atoms with E-state index in [0.29, 0.717) is 6.42 Å². The van der Waals surface area contributed by atoms with E-state index in [9.17, 15) is 9.59 Å². The highest BCUT2D eigenvalue weighted by Crippen LogP contribution is 2.06. The van der Waals surface area contributed by atoms with Crippen molar-refractivity contribution in [3.05, 3.63) is 23.9 Å². The normalized spacial score (nSPS) is 17.8. The van der Waals surface area contributed by atoms with Crippen LogP contribution in [0.15, 0.2) is 28.9 Å². The molecule has 0 fully saturated rings. The van der Waals surface area contributed by atoms with Crippen LogP contribution in [0.5, 0.6) is 0 Å². The van der Waals surface area contributed by atoms with Gasteiger partial charge in [0, 0.05) is 18.8 Å². The maximum absolute atomic E-state index is 11.1. The van der Waals surface area contributed by atoms with E-state index >= 15 is 0 Å². The van der Waals surface area contributed by atoms with Gasteiger partial charge in [0.15, 0.2) is 5.78 Å². The quantitative estimate of drug-likeness (QED) is 0.484. The molecule has 0 aromatic carbocycles. The fraction of sp³-hybridized carbons (Fsp3) is 0.300. The Morgan fingerprint density at radius 2 is 2.38 bits per heavy atom. The van der Waals surface area contributed by atoms with Crippen LogP contribution in [0.25, 0.3) is 0 Å². The van der Waals surface area contributed by atoms with Crippen molar-refractivity contribution in [3.63, 3.8) is 0 Å². The van der Waals surface area contributed by atoms with E-state index in [2.05, 4.69) is 4.99 Å². The second-order valence-electron chi connectivity index (χ2n) is 2.92. The van der Waals surface area contributed by atoms with Gasteiger partial charge in [-0.25, -0.2) is 0 Å². The second kappa shape index (κ2) is 4.50. The van der Waals surface area contributed by atoms with Crippen LogP contribution >= 0.6 is 0 Å². The Balaban J connectivity index is 2.55. The molecule has 3 nitrogen and oxygen atoms in total. The molecule has 0 atom stereocenters. The molecule has 1 aliphatic heterocycles. The molecule has 0 aromatic heterocycles. The Hall–Kier alpha value is -1.51. The summed E-state index contributed by atoms with van der Waals surface area (Å²) in [6.07, 6.45) is 7.30. The van der Waals surface area contributed by atoms with Crippen LogP contribution in [0.1, 0.15) is 19.8 Å². The molecular weight excluding hydrogens is 166 g/mol. The number of Topliss-reactive ketones (excluding diaryl/α,β-unsaturated/α-hetero) is 1. The maximum atomic E-state index is 11.1. The average molecular weight is 177 g/mol. The van der Waals surface area contributed by atoms with Gasteiger partial charge in [-0.05, 0) is 24.6 Å². The predicted octanol–water partition coefficient (Wildman–Crippen LogP) is 1.45. The van der Waals surface area contributed by atoms with Crippen molar-refractivity contribution in [3.8, 4) is 0 Å². The third kappa shape index (κ3) is 3.60. The van der Waals surface area contributed by atoms with Crippen molar-refractivity contribution in [2.24, 2.45) is 4.99 Å². The Kier molecular flexibility index (Phi) is 3.31. The molecule has 13 heavy (non-hydrogen) atoms. The first-order chi connectivity index (χ1) is 6.18. The number of ketones is 2. The minimum atomic E-state index is -0.137. The molecule has 1 aliphatic rings. The number of nitrogens with zero attached hydrogens (tertiary/aromatic N) is 1. The summed E-state index contributed by atoms with van der Waals surface area (Å²) >= 11 is 0. The molecule has 0 radical (unpaired) electrons. The van der Waals surface area contributed by atoms with Gasteiger partial charge in [0.25, 0.3) is 0 Å². The third-order valence-electron chi connectivity index (χ3n) is 1.58. The van der Waals surface area contributed by atoms with E-state index in [-0.39, 0.29) is 18.0 Å². The summed E-state index contributed by atoms with van der Waals surface area (Å²) in [6, 6.07) is 0. The first-order valence-electron chi connectivity index (χ1n) is 4.09. The van der Waals surface area contributed by atoms with Gasteiger partial charge in [-0.3, -0.25) is 14.6 Å². The van der Waals surface area contributed by atoms with Gasteiger partial charge in [0.1, 0.15) is 5.78 Å². The number of rotatable bonds is 3. The lowest BCUT2D eigenvalue weighted by Crippen LogP contribution is -2.02. The molecule has 0 saturated carbocycles. The largest absolute Gasteiger partial charge is 0.300 e. The van der Waals surface area contributed by atoms with Gasteiger partial charge in [0.05, 0.1) is 6.42 Å². The van der Waals surface area contributed by atoms with Gasteiger partial charge in [-0.15, -0.1) is 0 Å². The Bertz CT molecular complexity index is 311. The summed E-state index contributed by atoms with van der Waals surface area (Å²) in [5.41, 5.74) is 0.904. The monoisotopic (exact) mass is 177 g/mol. The van der Waals surface area contributed by atoms with Crippen LogP contribution in [0.2, 0.25) is 0 Å². The Morgan fingerprint density at radius 1 is 1.62 bits per heavy atom. The number of allylic oxidation sites excluding steroid dienone is 3. The van der Waals surface area contributed by atoms with Crippen molar-refractivity contribution < 1.29 is 9.59 Å². The minimum Gasteiger partial charge on any atom is -0.300 e. The number of carbonyl (C=O) groups excluding carboxylic acids is 2. The van der Waals surface area contributed by atoms with E-state index in [1.807, 2.05) is 0 Å². The second-order valence-corrected chi connectivity index (χ2v) is 2.92. The molecule has 1 heterocycles. The first kappa shape index (κ1) is 9.58. The lowest BCUT2D eigenvalue weighted by Gasteiger charge is -1.99. The van der Waals surface area contributed by atoms with Crippen LogP contribution in [0.4, 0.5) is 0 Å². The summed E-state index contributed by atoms with van der Waals surface area (Å²) in [6.45, 7) is 1.41. The summed E-state index contributed by atoms with van der Waals surface area (Å²) in [5, 5.41) is 0. The third-order valence-corrected chi connectivity index (χ3v) is 1.58. The summed E-state index contributed by atoms with van der Waals surface area (Å²) in [5.74, 6) is -0.238.